The quantitative estimate of drug-likeness (QED) is 0.630. The van der Waals surface area contributed by atoms with Crippen LogP contribution < -0.4 is 10.0 Å². The fourth-order valence-electron chi connectivity index (χ4n) is 2.67. The van der Waals surface area contributed by atoms with Crippen molar-refractivity contribution in [3.05, 3.63) is 65.9 Å². The van der Waals surface area contributed by atoms with Crippen molar-refractivity contribution in [1.82, 2.24) is 15.0 Å². The number of sulfonamides is 1. The summed E-state index contributed by atoms with van der Waals surface area (Å²) in [6.45, 7) is 0.293. The number of amides is 1. The predicted octanol–water partition coefficient (Wildman–Crippen LogP) is 2.05. The summed E-state index contributed by atoms with van der Waals surface area (Å²) in [5.74, 6) is -0.253. The van der Waals surface area contributed by atoms with Crippen LogP contribution in [0.5, 0.6) is 0 Å². The topological polar surface area (TPSA) is 91.1 Å². The number of fused-ring (bicyclic) bond motifs is 1. The van der Waals surface area contributed by atoms with Crippen LogP contribution in [0.15, 0.2) is 59.6 Å². The second-order valence-electron chi connectivity index (χ2n) is 5.61. The molecule has 0 saturated carbocycles. The van der Waals surface area contributed by atoms with Crippen molar-refractivity contribution >= 4 is 26.8 Å². The van der Waals surface area contributed by atoms with Crippen LogP contribution in [-0.4, -0.2) is 32.9 Å². The van der Waals surface area contributed by atoms with Gasteiger partial charge in [-0.25, -0.2) is 13.1 Å². The Morgan fingerprint density at radius 3 is 2.52 bits per heavy atom. The van der Waals surface area contributed by atoms with Gasteiger partial charge in [-0.3, -0.25) is 4.79 Å². The average molecular weight is 357 g/mol. The molecule has 0 spiro atoms. The lowest BCUT2D eigenvalue weighted by atomic mass is 10.1. The molecule has 130 valence electrons. The van der Waals surface area contributed by atoms with E-state index in [4.69, 9.17) is 0 Å². The molecule has 2 aromatic carbocycles. The van der Waals surface area contributed by atoms with Gasteiger partial charge in [-0.05, 0) is 42.3 Å². The van der Waals surface area contributed by atoms with E-state index >= 15 is 0 Å². The van der Waals surface area contributed by atoms with Gasteiger partial charge in [0, 0.05) is 36.3 Å². The third-order valence-electron chi connectivity index (χ3n) is 4.02. The molecule has 0 fully saturated rings. The first-order valence-electron chi connectivity index (χ1n) is 7.88. The van der Waals surface area contributed by atoms with Crippen LogP contribution in [0.4, 0.5) is 0 Å². The van der Waals surface area contributed by atoms with Gasteiger partial charge in [0.15, 0.2) is 0 Å². The largest absolute Gasteiger partial charge is 0.361 e. The Hall–Kier alpha value is -2.64. The van der Waals surface area contributed by atoms with Crippen LogP contribution >= 0.6 is 0 Å². The molecule has 7 heteroatoms. The van der Waals surface area contributed by atoms with Crippen LogP contribution in [-0.2, 0) is 16.4 Å². The summed E-state index contributed by atoms with van der Waals surface area (Å²) >= 11 is 0. The molecule has 0 unspecified atom stereocenters. The highest BCUT2D eigenvalue weighted by atomic mass is 32.2. The van der Waals surface area contributed by atoms with Gasteiger partial charge >= 0.3 is 0 Å². The number of aromatic nitrogens is 1. The van der Waals surface area contributed by atoms with Gasteiger partial charge in [-0.2, -0.15) is 0 Å². The van der Waals surface area contributed by atoms with E-state index in [0.29, 0.717) is 18.5 Å². The summed E-state index contributed by atoms with van der Waals surface area (Å²) < 4.78 is 27.3. The summed E-state index contributed by atoms with van der Waals surface area (Å²) in [6, 6.07) is 13.7. The maximum Gasteiger partial charge on any atom is 0.251 e. The molecule has 0 aliphatic heterocycles. The molecule has 3 aromatic rings. The van der Waals surface area contributed by atoms with Gasteiger partial charge in [-0.1, -0.05) is 18.2 Å². The van der Waals surface area contributed by atoms with Crippen molar-refractivity contribution in [3.63, 3.8) is 0 Å². The molecule has 0 atom stereocenters. The number of rotatable bonds is 6. The molecule has 6 nitrogen and oxygen atoms in total. The van der Waals surface area contributed by atoms with Crippen LogP contribution in [0.25, 0.3) is 10.9 Å². The highest BCUT2D eigenvalue weighted by molar-refractivity contribution is 7.89. The maximum absolute atomic E-state index is 12.4. The van der Waals surface area contributed by atoms with Crippen molar-refractivity contribution in [2.24, 2.45) is 0 Å². The summed E-state index contributed by atoms with van der Waals surface area (Å²) in [5, 5.41) is 3.59. The Morgan fingerprint density at radius 2 is 1.80 bits per heavy atom. The molecule has 1 heterocycles. The van der Waals surface area contributed by atoms with Crippen molar-refractivity contribution in [2.45, 2.75) is 11.3 Å². The molecule has 0 aliphatic carbocycles. The number of hydrogen-bond acceptors (Lipinski definition) is 3. The van der Waals surface area contributed by atoms with E-state index in [2.05, 4.69) is 15.0 Å². The summed E-state index contributed by atoms with van der Waals surface area (Å²) in [6.07, 6.45) is 2.48. The highest BCUT2D eigenvalue weighted by Gasteiger charge is 2.14. The smallest absolute Gasteiger partial charge is 0.251 e. The molecule has 0 aliphatic rings. The minimum atomic E-state index is -3.61. The number of para-hydroxylation sites is 1. The molecule has 25 heavy (non-hydrogen) atoms. The fourth-order valence-corrected chi connectivity index (χ4v) is 3.70. The van der Waals surface area contributed by atoms with E-state index < -0.39 is 10.0 Å². The molecule has 3 N–H and O–H groups in total. The van der Waals surface area contributed by atoms with Crippen molar-refractivity contribution < 1.29 is 13.2 Å². The SMILES string of the molecule is CNC(=O)c1ccc(S(=O)(=O)NCCc2c[nH]c3ccccc23)cc1. The molecular weight excluding hydrogens is 338 g/mol. The first kappa shape index (κ1) is 17.2. The van der Waals surface area contributed by atoms with E-state index in [1.165, 1.54) is 31.3 Å². The first-order chi connectivity index (χ1) is 12.0. The van der Waals surface area contributed by atoms with Crippen molar-refractivity contribution in [2.75, 3.05) is 13.6 Å². The Morgan fingerprint density at radius 1 is 1.08 bits per heavy atom. The van der Waals surface area contributed by atoms with Crippen LogP contribution in [0.3, 0.4) is 0 Å². The van der Waals surface area contributed by atoms with Gasteiger partial charge in [-0.15, -0.1) is 0 Å². The zero-order chi connectivity index (χ0) is 17.9. The molecular formula is C18H19N3O3S. The number of nitrogens with one attached hydrogen (secondary N) is 3. The predicted molar refractivity (Wildman–Crippen MR) is 97.0 cm³/mol. The zero-order valence-electron chi connectivity index (χ0n) is 13.7. The van der Waals surface area contributed by atoms with E-state index in [1.54, 1.807) is 0 Å². The number of hydrogen-bond donors (Lipinski definition) is 3. The molecule has 3 rings (SSSR count). The first-order valence-corrected chi connectivity index (χ1v) is 9.36. The highest BCUT2D eigenvalue weighted by Crippen LogP contribution is 2.18. The average Bonchev–Trinajstić information content (AvgIpc) is 3.04. The Balaban J connectivity index is 1.66. The van der Waals surface area contributed by atoms with Crippen LogP contribution in [0, 0.1) is 0 Å². The number of carbonyl (C=O) groups is 1. The molecule has 0 radical (unpaired) electrons. The summed E-state index contributed by atoms with van der Waals surface area (Å²) in [7, 11) is -2.08. The van der Waals surface area contributed by atoms with E-state index in [1.807, 2.05) is 30.5 Å². The third-order valence-corrected chi connectivity index (χ3v) is 5.49. The van der Waals surface area contributed by atoms with E-state index in [9.17, 15) is 13.2 Å². The van der Waals surface area contributed by atoms with Gasteiger partial charge in [0.2, 0.25) is 10.0 Å². The minimum absolute atomic E-state index is 0.138. The van der Waals surface area contributed by atoms with Gasteiger partial charge < -0.3 is 10.3 Å². The van der Waals surface area contributed by atoms with Crippen LogP contribution in [0.1, 0.15) is 15.9 Å². The van der Waals surface area contributed by atoms with Gasteiger partial charge in [0.1, 0.15) is 0 Å². The molecule has 1 aromatic heterocycles. The lowest BCUT2D eigenvalue weighted by molar-refractivity contribution is 0.0963. The lowest BCUT2D eigenvalue weighted by Crippen LogP contribution is -2.26. The fraction of sp³-hybridized carbons (Fsp3) is 0.167. The minimum Gasteiger partial charge on any atom is -0.361 e. The second kappa shape index (κ2) is 7.08. The Bertz CT molecular complexity index is 992. The van der Waals surface area contributed by atoms with Crippen molar-refractivity contribution in [3.8, 4) is 0 Å². The summed E-state index contributed by atoms with van der Waals surface area (Å²) in [5.41, 5.74) is 2.51. The Labute approximate surface area is 146 Å². The van der Waals surface area contributed by atoms with Crippen molar-refractivity contribution in [1.29, 1.82) is 0 Å². The molecule has 0 bridgehead atoms. The maximum atomic E-state index is 12.4. The summed E-state index contributed by atoms with van der Waals surface area (Å²) in [4.78, 5) is 14.8. The van der Waals surface area contributed by atoms with E-state index in [-0.39, 0.29) is 10.8 Å². The number of benzene rings is 2. The third kappa shape index (κ3) is 3.72. The normalized spacial score (nSPS) is 11.6. The number of carbonyl (C=O) groups excluding carboxylic acids is 1. The Kier molecular flexibility index (Phi) is 4.87. The molecule has 1 amide bonds. The number of aromatic amines is 1. The van der Waals surface area contributed by atoms with Crippen LogP contribution in [0.2, 0.25) is 0 Å². The van der Waals surface area contributed by atoms with Gasteiger partial charge in [0.25, 0.3) is 5.91 Å². The zero-order valence-corrected chi connectivity index (χ0v) is 14.6. The second-order valence-corrected chi connectivity index (χ2v) is 7.38. The lowest BCUT2D eigenvalue weighted by Gasteiger charge is -2.07. The monoisotopic (exact) mass is 357 g/mol. The standard InChI is InChI=1S/C18H19N3O3S/c1-19-18(22)13-6-8-15(9-7-13)25(23,24)21-11-10-14-12-20-17-5-3-2-4-16(14)17/h2-9,12,20-21H,10-11H2,1H3,(H,19,22). The number of H-pyrrole nitrogens is 1. The molecule has 0 saturated heterocycles. The van der Waals surface area contributed by atoms with Gasteiger partial charge in [0.05, 0.1) is 4.90 Å². The van der Waals surface area contributed by atoms with E-state index in [0.717, 1.165) is 16.5 Å².